The van der Waals surface area contributed by atoms with Gasteiger partial charge in [0.2, 0.25) is 0 Å². The molecule has 22 heavy (non-hydrogen) atoms. The van der Waals surface area contributed by atoms with Crippen LogP contribution in [0.2, 0.25) is 19.6 Å². The predicted molar refractivity (Wildman–Crippen MR) is 104 cm³/mol. The van der Waals surface area contributed by atoms with Crippen molar-refractivity contribution in [3.8, 4) is 0 Å². The average molecular weight is 364 g/mol. The molecule has 0 aliphatic heterocycles. The van der Waals surface area contributed by atoms with E-state index in [1.165, 1.54) is 6.42 Å². The molecule has 0 fully saturated rings. The normalized spacial score (nSPS) is 12.6. The molecule has 1 rings (SSSR count). The third-order valence-corrected chi connectivity index (χ3v) is 7.19. The molecule has 0 unspecified atom stereocenters. The number of hydrogen-bond acceptors (Lipinski definition) is 0. The minimum absolute atomic E-state index is 0.0833. The molecule has 130 valence electrons. The summed E-state index contributed by atoms with van der Waals surface area (Å²) in [5, 5.41) is 0. The number of nitrogens with one attached hydrogen (secondary N) is 3. The summed E-state index contributed by atoms with van der Waals surface area (Å²) in [6.45, 7) is 18.4. The minimum atomic E-state index is -0.737. The molecular formula is C17H38N3SiV. The zero-order chi connectivity index (χ0) is 18.3. The van der Waals surface area contributed by atoms with Gasteiger partial charge in [-0.2, -0.15) is 0 Å². The van der Waals surface area contributed by atoms with E-state index in [1.54, 1.807) is 4.28 Å². The van der Waals surface area contributed by atoms with Crippen LogP contribution in [0, 0.1) is 0 Å². The van der Waals surface area contributed by atoms with Crippen molar-refractivity contribution < 1.29 is 15.6 Å². The first kappa shape index (κ1) is 27.0. The van der Waals surface area contributed by atoms with Gasteiger partial charge in [0.15, 0.2) is 0 Å². The Morgan fingerprint density at radius 2 is 1.18 bits per heavy atom. The van der Waals surface area contributed by atoms with E-state index in [1.807, 2.05) is 41.5 Å². The summed E-state index contributed by atoms with van der Waals surface area (Å²) >= 11 is 0.557. The molecule has 1 aliphatic rings. The van der Waals surface area contributed by atoms with Crippen LogP contribution in [0.15, 0.2) is 22.5 Å². The van der Waals surface area contributed by atoms with Gasteiger partial charge in [0.1, 0.15) is 0 Å². The molecule has 0 amide bonds. The van der Waals surface area contributed by atoms with Gasteiger partial charge in [-0.15, -0.1) is 18.1 Å². The monoisotopic (exact) mass is 363 g/mol. The van der Waals surface area contributed by atoms with E-state index in [0.29, 0.717) is 15.6 Å². The van der Waals surface area contributed by atoms with Gasteiger partial charge < -0.3 is 17.2 Å². The second-order valence-electron chi connectivity index (χ2n) is 7.04. The predicted octanol–water partition coefficient (Wildman–Crippen LogP) is 7.09. The molecule has 0 atom stereocenters. The Morgan fingerprint density at radius 1 is 0.864 bits per heavy atom. The van der Waals surface area contributed by atoms with Gasteiger partial charge >= 0.3 is 70.6 Å². The second-order valence-corrected chi connectivity index (χ2v) is 19.8. The molecule has 0 bridgehead atoms. The molecule has 3 nitrogen and oxygen atoms in total. The maximum atomic E-state index is 6.58. The first-order valence-electron chi connectivity index (χ1n) is 7.99. The van der Waals surface area contributed by atoms with E-state index in [-0.39, 0.29) is 18.1 Å². The molecule has 0 spiro atoms. The molecule has 3 N–H and O–H groups in total. The fraction of sp³-hybridized carbons (Fsp3) is 0.765. The van der Waals surface area contributed by atoms with Crippen LogP contribution in [-0.4, -0.2) is 24.6 Å². The third kappa shape index (κ3) is 50.1. The van der Waals surface area contributed by atoms with Gasteiger partial charge in [0.05, 0.1) is 0 Å². The number of rotatable bonds is 2. The zero-order valence-corrected chi connectivity index (χ0v) is 18.5. The second kappa shape index (κ2) is 16.0. The SMILES string of the molecule is CC(C)[NH-].CC(C)[NH-].CC(C)[NH-].C[Si](C)(C)[V+3][C]1=CC=CC1. The molecule has 0 saturated carbocycles. The Balaban J connectivity index is -0.000000253. The first-order chi connectivity index (χ1) is 9.77. The summed E-state index contributed by atoms with van der Waals surface area (Å²) in [5.74, 6) is 0. The molecule has 1 aliphatic carbocycles. The van der Waals surface area contributed by atoms with E-state index in [0.717, 1.165) is 0 Å². The number of hydrogen-bond donors (Lipinski definition) is 0. The summed E-state index contributed by atoms with van der Waals surface area (Å²) < 4.78 is 1.73. The van der Waals surface area contributed by atoms with Crippen LogP contribution in [0.4, 0.5) is 0 Å². The van der Waals surface area contributed by atoms with Crippen LogP contribution >= 0.6 is 0 Å². The van der Waals surface area contributed by atoms with Gasteiger partial charge in [-0.05, 0) is 0 Å². The summed E-state index contributed by atoms with van der Waals surface area (Å²) in [6, 6.07) is 0.250. The third-order valence-electron chi connectivity index (χ3n) is 1.23. The van der Waals surface area contributed by atoms with Gasteiger partial charge in [-0.25, -0.2) is 0 Å². The Bertz CT molecular complexity index is 270. The first-order valence-corrected chi connectivity index (χ1v) is 14.2. The van der Waals surface area contributed by atoms with Crippen LogP contribution < -0.4 is 0 Å². The van der Waals surface area contributed by atoms with Crippen molar-refractivity contribution in [2.24, 2.45) is 0 Å². The molecule has 5 heteroatoms. The van der Waals surface area contributed by atoms with Gasteiger partial charge in [0.25, 0.3) is 0 Å². The van der Waals surface area contributed by atoms with Crippen molar-refractivity contribution >= 4 is 6.45 Å². The van der Waals surface area contributed by atoms with Crippen LogP contribution in [0.3, 0.4) is 0 Å². The fourth-order valence-electron chi connectivity index (χ4n) is 0.950. The van der Waals surface area contributed by atoms with Gasteiger partial charge in [-0.3, -0.25) is 0 Å². The molecule has 0 radical (unpaired) electrons. The van der Waals surface area contributed by atoms with E-state index in [9.17, 15) is 0 Å². The molecule has 0 aromatic carbocycles. The Labute approximate surface area is 147 Å². The Hall–Kier alpha value is 0.161. The molecule has 0 saturated heterocycles. The molecular weight excluding hydrogens is 325 g/mol. The summed E-state index contributed by atoms with van der Waals surface area (Å²) in [7, 11) is 0. The summed E-state index contributed by atoms with van der Waals surface area (Å²) in [5.41, 5.74) is 19.8. The van der Waals surface area contributed by atoms with E-state index in [4.69, 9.17) is 17.2 Å². The Kier molecular flexibility index (Phi) is 19.7. The zero-order valence-electron chi connectivity index (χ0n) is 16.1. The van der Waals surface area contributed by atoms with Crippen molar-refractivity contribution in [2.45, 2.75) is 85.7 Å². The van der Waals surface area contributed by atoms with E-state index in [2.05, 4.69) is 37.9 Å². The topological polar surface area (TPSA) is 71.4 Å². The van der Waals surface area contributed by atoms with E-state index >= 15 is 0 Å². The molecule has 0 aromatic rings. The fourth-order valence-corrected chi connectivity index (χ4v) is 7.09. The molecule has 0 aromatic heterocycles. The quantitative estimate of drug-likeness (QED) is 0.470. The molecule has 0 heterocycles. The van der Waals surface area contributed by atoms with E-state index < -0.39 is 6.45 Å². The van der Waals surface area contributed by atoms with Gasteiger partial charge in [-0.1, -0.05) is 41.5 Å². The van der Waals surface area contributed by atoms with Crippen molar-refractivity contribution in [1.29, 1.82) is 0 Å². The van der Waals surface area contributed by atoms with Gasteiger partial charge in [0, 0.05) is 0 Å². The van der Waals surface area contributed by atoms with Crippen molar-refractivity contribution in [1.82, 2.24) is 0 Å². The summed E-state index contributed by atoms with van der Waals surface area (Å²) in [4.78, 5) is 0. The van der Waals surface area contributed by atoms with Crippen LogP contribution in [-0.2, 0) is 15.6 Å². The maximum absolute atomic E-state index is 6.58. The van der Waals surface area contributed by atoms with Crippen LogP contribution in [0.5, 0.6) is 0 Å². The number of allylic oxidation sites excluding steroid dienone is 4. The van der Waals surface area contributed by atoms with Crippen molar-refractivity contribution in [2.75, 3.05) is 0 Å². The standard InChI is InChI=1S/C5H5.3C3H8N.C3H9Si.V/c1-2-4-5-3-1;3*1-3(2)4;1-4(2)3;/h1-3H,4H2;3*3-4H,1-2H3;1-3H3;/q;3*-1;;+3. The Morgan fingerprint density at radius 3 is 1.36 bits per heavy atom. The van der Waals surface area contributed by atoms with Crippen molar-refractivity contribution in [3.63, 3.8) is 0 Å². The summed E-state index contributed by atoms with van der Waals surface area (Å²) in [6.07, 6.45) is 7.30. The van der Waals surface area contributed by atoms with Crippen LogP contribution in [0.1, 0.15) is 48.0 Å². The average Bonchev–Trinajstić information content (AvgIpc) is 2.63. The van der Waals surface area contributed by atoms with Crippen LogP contribution in [0.25, 0.3) is 17.2 Å². The van der Waals surface area contributed by atoms with Crippen molar-refractivity contribution in [3.05, 3.63) is 39.7 Å².